The van der Waals surface area contributed by atoms with Gasteiger partial charge in [-0.25, -0.2) is 27.2 Å². The number of nitrogens with zero attached hydrogens (tertiary/aromatic N) is 3. The first kappa shape index (κ1) is 40.3. The van der Waals surface area contributed by atoms with E-state index in [2.05, 4.69) is 31.9 Å². The lowest BCUT2D eigenvalue weighted by Crippen LogP contribution is -2.58. The third-order valence-electron chi connectivity index (χ3n) is 10.5. The Morgan fingerprint density at radius 2 is 1.88 bits per heavy atom. The number of methoxy groups -OCH3 is 1. The van der Waals surface area contributed by atoms with Crippen LogP contribution < -0.4 is 24.8 Å². The number of sulfonamides is 1. The smallest absolute Gasteiger partial charge is 0.259 e. The number of likely N-dealkylation sites (tertiary alicyclic amines) is 1. The summed E-state index contributed by atoms with van der Waals surface area (Å²) in [5.74, 6) is -3.92. The maximum Gasteiger partial charge on any atom is 0.259 e. The maximum atomic E-state index is 14.8. The van der Waals surface area contributed by atoms with Gasteiger partial charge in [-0.05, 0) is 61.1 Å². The second kappa shape index (κ2) is 15.1. The molecule has 57 heavy (non-hydrogen) atoms. The standard InChI is InChI=1S/C39H41ClF2N6O7S2/c1-6-21-16-39(21,36(51)47-57(52,53)24-9-10-24)46-33(49)30-15-23(55-34-26-14-22(40)8-11-25(26)31(54-5)17-43-34)18-48(30)35(50)32(38(2,3)4)45-37-44-29(19-56-37)20-7-12-27(41)28(42)13-20/h6-8,11-14,17,19,21,23-24,30,32H,1,9-10,15-16,18H2,2-5H3,(H,44,45)(H,46,49)(H,47,51)/t21-,23-,30+,32-,39-/m1/s1. The SMILES string of the molecule is C=C[C@@H]1C[C@]1(NC(=O)[C@@H]1C[C@@H](Oc2ncc(OC)c3ccc(Cl)cc23)CN1C(=O)[C@@H](Nc1nc(-c2ccc(F)c(F)c2)cs1)C(C)(C)C)C(=O)NS(=O)(=O)C1CC1. The Hall–Kier alpha value is -4.87. The summed E-state index contributed by atoms with van der Waals surface area (Å²) in [6.45, 7) is 9.21. The number of pyridine rings is 1. The fraction of sp³-hybridized carbons (Fsp3) is 0.410. The Labute approximate surface area is 337 Å². The van der Waals surface area contributed by atoms with Gasteiger partial charge in [0.2, 0.25) is 27.7 Å². The molecule has 13 nitrogen and oxygen atoms in total. The summed E-state index contributed by atoms with van der Waals surface area (Å²) in [6, 6.07) is 6.43. The van der Waals surface area contributed by atoms with E-state index >= 15 is 0 Å². The Balaban J connectivity index is 1.19. The van der Waals surface area contributed by atoms with Gasteiger partial charge in [0.15, 0.2) is 16.8 Å². The molecule has 4 aromatic rings. The summed E-state index contributed by atoms with van der Waals surface area (Å²) in [6.07, 6.45) is 3.19. The number of rotatable bonds is 13. The van der Waals surface area contributed by atoms with Crippen LogP contribution in [0.15, 0.2) is 60.6 Å². The molecule has 7 rings (SSSR count). The van der Waals surface area contributed by atoms with Gasteiger partial charge in [-0.15, -0.1) is 17.9 Å². The topological polar surface area (TPSA) is 169 Å². The second-order valence-electron chi connectivity index (χ2n) is 15.6. The summed E-state index contributed by atoms with van der Waals surface area (Å²) in [7, 11) is -2.42. The predicted molar refractivity (Wildman–Crippen MR) is 211 cm³/mol. The number of carbonyl (C=O) groups excluding carboxylic acids is 3. The largest absolute Gasteiger partial charge is 0.494 e. The number of hydrogen-bond donors (Lipinski definition) is 3. The van der Waals surface area contributed by atoms with Gasteiger partial charge in [0.05, 0.1) is 30.8 Å². The van der Waals surface area contributed by atoms with E-state index < -0.39 is 79.7 Å². The van der Waals surface area contributed by atoms with Crippen LogP contribution in [0.3, 0.4) is 0 Å². The highest BCUT2D eigenvalue weighted by Gasteiger charge is 2.62. The third kappa shape index (κ3) is 8.14. The van der Waals surface area contributed by atoms with Crippen molar-refractivity contribution in [2.24, 2.45) is 11.3 Å². The lowest BCUT2D eigenvalue weighted by atomic mass is 9.85. The zero-order valence-corrected chi connectivity index (χ0v) is 33.9. The summed E-state index contributed by atoms with van der Waals surface area (Å²) in [5, 5.41) is 8.94. The molecule has 3 heterocycles. The fourth-order valence-electron chi connectivity index (χ4n) is 7.04. The van der Waals surface area contributed by atoms with Crippen molar-refractivity contribution < 1.29 is 41.1 Å². The van der Waals surface area contributed by atoms with Gasteiger partial charge < -0.3 is 25.0 Å². The van der Waals surface area contributed by atoms with Gasteiger partial charge in [-0.3, -0.25) is 19.1 Å². The van der Waals surface area contributed by atoms with Crippen LogP contribution in [0, 0.1) is 23.0 Å². The van der Waals surface area contributed by atoms with Crippen LogP contribution in [-0.2, 0) is 24.4 Å². The highest BCUT2D eigenvalue weighted by Crippen LogP contribution is 2.46. The van der Waals surface area contributed by atoms with Gasteiger partial charge in [-0.2, -0.15) is 0 Å². The lowest BCUT2D eigenvalue weighted by molar-refractivity contribution is -0.141. The molecule has 3 N–H and O–H groups in total. The molecular formula is C39H41ClF2N6O7S2. The van der Waals surface area contributed by atoms with Crippen molar-refractivity contribution in [2.75, 3.05) is 19.0 Å². The first-order valence-corrected chi connectivity index (χ1v) is 21.0. The molecule has 3 aliphatic rings. The molecule has 0 radical (unpaired) electrons. The minimum atomic E-state index is -3.93. The second-order valence-corrected chi connectivity index (χ2v) is 18.9. The van der Waals surface area contributed by atoms with E-state index in [-0.39, 0.29) is 25.3 Å². The van der Waals surface area contributed by atoms with Crippen molar-refractivity contribution in [1.29, 1.82) is 0 Å². The van der Waals surface area contributed by atoms with Crippen molar-refractivity contribution in [1.82, 2.24) is 24.9 Å². The highest BCUT2D eigenvalue weighted by atomic mass is 35.5. The molecular weight excluding hydrogens is 802 g/mol. The van der Waals surface area contributed by atoms with Crippen LogP contribution in [0.1, 0.15) is 46.5 Å². The normalized spacial score (nSPS) is 22.4. The van der Waals surface area contributed by atoms with Crippen LogP contribution >= 0.6 is 22.9 Å². The average Bonchev–Trinajstić information content (AvgIpc) is 4.05. The third-order valence-corrected chi connectivity index (χ3v) is 13.3. The number of halogens is 3. The molecule has 1 aliphatic heterocycles. The zero-order valence-electron chi connectivity index (χ0n) is 31.5. The van der Waals surface area contributed by atoms with Gasteiger partial charge in [0.25, 0.3) is 5.91 Å². The number of hydrogen-bond acceptors (Lipinski definition) is 11. The maximum absolute atomic E-state index is 14.8. The van der Waals surface area contributed by atoms with E-state index in [4.69, 9.17) is 21.1 Å². The van der Waals surface area contributed by atoms with Crippen molar-refractivity contribution >= 4 is 66.6 Å². The molecule has 0 unspecified atom stereocenters. The lowest BCUT2D eigenvalue weighted by Gasteiger charge is -2.35. The first-order chi connectivity index (χ1) is 26.9. The van der Waals surface area contributed by atoms with Crippen molar-refractivity contribution in [3.63, 3.8) is 0 Å². The molecule has 0 bridgehead atoms. The number of carbonyl (C=O) groups is 3. The number of fused-ring (bicyclic) bond motifs is 1. The van der Waals surface area contributed by atoms with Gasteiger partial charge >= 0.3 is 0 Å². The van der Waals surface area contributed by atoms with Crippen LogP contribution in [0.4, 0.5) is 13.9 Å². The van der Waals surface area contributed by atoms with Crippen molar-refractivity contribution in [2.45, 2.75) is 75.4 Å². The Morgan fingerprint density at radius 1 is 1.12 bits per heavy atom. The molecule has 18 heteroatoms. The van der Waals surface area contributed by atoms with Gasteiger partial charge in [0, 0.05) is 39.1 Å². The minimum absolute atomic E-state index is 0.0153. The molecule has 3 fully saturated rings. The molecule has 0 spiro atoms. The van der Waals surface area contributed by atoms with E-state index in [1.54, 1.807) is 23.6 Å². The monoisotopic (exact) mass is 842 g/mol. The summed E-state index contributed by atoms with van der Waals surface area (Å²) in [4.78, 5) is 53.2. The number of amides is 3. The van der Waals surface area contributed by atoms with Crippen molar-refractivity contribution in [3.8, 4) is 22.9 Å². The summed E-state index contributed by atoms with van der Waals surface area (Å²) >= 11 is 7.51. The zero-order chi connectivity index (χ0) is 41.0. The molecule has 2 aliphatic carbocycles. The number of thiazole rings is 1. The predicted octanol–water partition coefficient (Wildman–Crippen LogP) is 5.84. The van der Waals surface area contributed by atoms with Gasteiger partial charge in [0.1, 0.15) is 29.5 Å². The number of benzene rings is 2. The molecule has 5 atom stereocenters. The molecule has 2 aromatic heterocycles. The Bertz CT molecular complexity index is 2390. The number of anilines is 1. The van der Waals surface area contributed by atoms with Crippen LogP contribution in [-0.4, -0.2) is 83.6 Å². The van der Waals surface area contributed by atoms with Crippen molar-refractivity contribution in [3.05, 3.63) is 77.3 Å². The van der Waals surface area contributed by atoms with E-state index in [1.165, 1.54) is 30.3 Å². The fourth-order valence-corrected chi connectivity index (χ4v) is 9.32. The van der Waals surface area contributed by atoms with E-state index in [9.17, 15) is 31.6 Å². The number of ether oxygens (including phenoxy) is 2. The quantitative estimate of drug-likeness (QED) is 0.139. The molecule has 3 amide bonds. The van der Waals surface area contributed by atoms with E-state index in [0.29, 0.717) is 50.8 Å². The van der Waals surface area contributed by atoms with Crippen LogP contribution in [0.25, 0.3) is 22.0 Å². The number of aromatic nitrogens is 2. The Morgan fingerprint density at radius 3 is 2.53 bits per heavy atom. The Kier molecular flexibility index (Phi) is 10.7. The molecule has 2 saturated carbocycles. The van der Waals surface area contributed by atoms with Crippen LogP contribution in [0.2, 0.25) is 5.02 Å². The van der Waals surface area contributed by atoms with E-state index in [1.807, 2.05) is 20.8 Å². The first-order valence-electron chi connectivity index (χ1n) is 18.2. The number of nitrogens with one attached hydrogen (secondary N) is 3. The summed E-state index contributed by atoms with van der Waals surface area (Å²) in [5.41, 5.74) is -1.65. The average molecular weight is 843 g/mol. The summed E-state index contributed by atoms with van der Waals surface area (Å²) < 4.78 is 67.2. The van der Waals surface area contributed by atoms with Crippen LogP contribution in [0.5, 0.6) is 11.6 Å². The molecule has 302 valence electrons. The molecule has 2 aromatic carbocycles. The van der Waals surface area contributed by atoms with E-state index in [0.717, 1.165) is 23.5 Å². The van der Waals surface area contributed by atoms with Gasteiger partial charge in [-0.1, -0.05) is 38.4 Å². The molecule has 1 saturated heterocycles. The minimum Gasteiger partial charge on any atom is -0.494 e. The highest BCUT2D eigenvalue weighted by molar-refractivity contribution is 7.91.